The molecule has 2 aromatic rings. The van der Waals surface area contributed by atoms with Crippen LogP contribution in [0.25, 0.3) is 10.9 Å². The molecule has 0 saturated carbocycles. The summed E-state index contributed by atoms with van der Waals surface area (Å²) in [7, 11) is 0. The van der Waals surface area contributed by atoms with Gasteiger partial charge in [-0.15, -0.1) is 0 Å². The summed E-state index contributed by atoms with van der Waals surface area (Å²) in [4.78, 5) is 9.24. The predicted octanol–water partition coefficient (Wildman–Crippen LogP) is 3.26. The van der Waals surface area contributed by atoms with Gasteiger partial charge in [0.25, 0.3) is 0 Å². The van der Waals surface area contributed by atoms with Crippen LogP contribution < -0.4 is 10.7 Å². The normalized spacial score (nSPS) is 16.0. The third kappa shape index (κ3) is 3.42. The first-order chi connectivity index (χ1) is 10.4. The lowest BCUT2D eigenvalue weighted by Crippen LogP contribution is -2.35. The van der Waals surface area contributed by atoms with Crippen LogP contribution in [0.3, 0.4) is 0 Å². The Morgan fingerprint density at radius 1 is 1.10 bits per heavy atom. The second kappa shape index (κ2) is 6.72. The molecule has 1 saturated heterocycles. The highest BCUT2D eigenvalue weighted by molar-refractivity contribution is 5.89. The first-order valence-electron chi connectivity index (χ1n) is 7.89. The molecule has 0 aliphatic carbocycles. The second-order valence-electron chi connectivity index (χ2n) is 5.50. The zero-order valence-corrected chi connectivity index (χ0v) is 12.6. The number of hydrazine groups is 1. The summed E-state index contributed by atoms with van der Waals surface area (Å²) in [5.74, 6) is 1.61. The number of rotatable bonds is 5. The lowest BCUT2D eigenvalue weighted by atomic mass is 10.2. The molecule has 0 radical (unpaired) electrons. The minimum absolute atomic E-state index is 0.704. The van der Waals surface area contributed by atoms with Crippen molar-refractivity contribution in [2.45, 2.75) is 32.6 Å². The van der Waals surface area contributed by atoms with E-state index < -0.39 is 0 Å². The Bertz CT molecular complexity index is 592. The van der Waals surface area contributed by atoms with Gasteiger partial charge in [0.15, 0.2) is 5.82 Å². The van der Waals surface area contributed by atoms with Crippen molar-refractivity contribution in [3.05, 3.63) is 24.3 Å². The summed E-state index contributed by atoms with van der Waals surface area (Å²) in [5, 5.41) is 6.62. The van der Waals surface area contributed by atoms with Gasteiger partial charge in [-0.2, -0.15) is 4.98 Å². The molecule has 1 aliphatic rings. The van der Waals surface area contributed by atoms with Crippen LogP contribution in [-0.4, -0.2) is 34.6 Å². The molecule has 5 heteroatoms. The summed E-state index contributed by atoms with van der Waals surface area (Å²) in [6.45, 7) is 5.19. The van der Waals surface area contributed by atoms with Crippen LogP contribution in [0, 0.1) is 0 Å². The number of fused-ring (bicyclic) bond motifs is 1. The number of benzene rings is 1. The fraction of sp³-hybridized carbons (Fsp3) is 0.500. The molecule has 1 fully saturated rings. The van der Waals surface area contributed by atoms with Gasteiger partial charge in [0.2, 0.25) is 5.95 Å². The van der Waals surface area contributed by atoms with Gasteiger partial charge in [-0.05, 0) is 31.4 Å². The van der Waals surface area contributed by atoms with Gasteiger partial charge in [0.1, 0.15) is 0 Å². The van der Waals surface area contributed by atoms with Gasteiger partial charge in [0, 0.05) is 25.0 Å². The van der Waals surface area contributed by atoms with Crippen molar-refractivity contribution in [1.29, 1.82) is 0 Å². The molecule has 0 unspecified atom stereocenters. The number of nitrogens with zero attached hydrogens (tertiary/aromatic N) is 3. The van der Waals surface area contributed by atoms with Crippen molar-refractivity contribution < 1.29 is 0 Å². The molecular weight excluding hydrogens is 262 g/mol. The topological polar surface area (TPSA) is 53.1 Å². The molecule has 0 amide bonds. The average Bonchev–Trinajstić information content (AvgIpc) is 2.54. The molecule has 21 heavy (non-hydrogen) atoms. The van der Waals surface area contributed by atoms with E-state index in [1.54, 1.807) is 0 Å². The first-order valence-corrected chi connectivity index (χ1v) is 7.89. The van der Waals surface area contributed by atoms with Crippen LogP contribution in [0.2, 0.25) is 0 Å². The van der Waals surface area contributed by atoms with Crippen LogP contribution in [0.1, 0.15) is 32.6 Å². The van der Waals surface area contributed by atoms with E-state index in [1.807, 2.05) is 18.2 Å². The number of nitrogens with one attached hydrogen (secondary N) is 2. The molecule has 112 valence electrons. The Kier molecular flexibility index (Phi) is 4.50. The second-order valence-corrected chi connectivity index (χ2v) is 5.50. The minimum atomic E-state index is 0.704. The molecule has 1 aromatic carbocycles. The van der Waals surface area contributed by atoms with E-state index in [0.29, 0.717) is 5.95 Å². The largest absolute Gasteiger partial charge is 0.354 e. The standard InChI is InChI=1S/C16H23N5/c1-2-10-17-16-18-14-9-5-4-8-13(14)15(19-16)20-21-11-6-3-7-12-21/h4-5,8-9H,2-3,6-7,10-12H2,1H3,(H2,17,18,19,20). The van der Waals surface area contributed by atoms with Crippen molar-refractivity contribution >= 4 is 22.7 Å². The Labute approximate surface area is 125 Å². The van der Waals surface area contributed by atoms with Crippen molar-refractivity contribution in [2.75, 3.05) is 30.4 Å². The fourth-order valence-corrected chi connectivity index (χ4v) is 2.63. The highest BCUT2D eigenvalue weighted by atomic mass is 15.5. The predicted molar refractivity (Wildman–Crippen MR) is 87.4 cm³/mol. The molecule has 0 bridgehead atoms. The maximum Gasteiger partial charge on any atom is 0.225 e. The maximum absolute atomic E-state index is 4.66. The van der Waals surface area contributed by atoms with Gasteiger partial charge in [-0.1, -0.05) is 25.5 Å². The summed E-state index contributed by atoms with van der Waals surface area (Å²) < 4.78 is 0. The van der Waals surface area contributed by atoms with Crippen molar-refractivity contribution in [3.63, 3.8) is 0 Å². The van der Waals surface area contributed by atoms with Gasteiger partial charge in [0.05, 0.1) is 5.52 Å². The summed E-state index contributed by atoms with van der Waals surface area (Å²) in [5.41, 5.74) is 4.46. The number of para-hydroxylation sites is 1. The van der Waals surface area contributed by atoms with Crippen LogP contribution in [-0.2, 0) is 0 Å². The average molecular weight is 285 g/mol. The van der Waals surface area contributed by atoms with Crippen LogP contribution in [0.5, 0.6) is 0 Å². The van der Waals surface area contributed by atoms with E-state index in [-0.39, 0.29) is 0 Å². The number of piperidine rings is 1. The van der Waals surface area contributed by atoms with Crippen LogP contribution in [0.15, 0.2) is 24.3 Å². The molecule has 1 aromatic heterocycles. The van der Waals surface area contributed by atoms with Crippen molar-refractivity contribution in [1.82, 2.24) is 15.0 Å². The molecule has 2 N–H and O–H groups in total. The van der Waals surface area contributed by atoms with E-state index in [4.69, 9.17) is 0 Å². The molecular formula is C16H23N5. The van der Waals surface area contributed by atoms with E-state index in [0.717, 1.165) is 42.8 Å². The van der Waals surface area contributed by atoms with Gasteiger partial charge >= 0.3 is 0 Å². The zero-order chi connectivity index (χ0) is 14.5. The summed E-state index contributed by atoms with van der Waals surface area (Å²) in [6, 6.07) is 8.16. The Morgan fingerprint density at radius 2 is 1.90 bits per heavy atom. The number of hydrogen-bond donors (Lipinski definition) is 2. The SMILES string of the molecule is CCCNc1nc(NN2CCCCC2)c2ccccc2n1. The van der Waals surface area contributed by atoms with Crippen molar-refractivity contribution in [3.8, 4) is 0 Å². The zero-order valence-electron chi connectivity index (χ0n) is 12.6. The quantitative estimate of drug-likeness (QED) is 0.883. The number of aromatic nitrogens is 2. The highest BCUT2D eigenvalue weighted by Gasteiger charge is 2.13. The monoisotopic (exact) mass is 285 g/mol. The molecule has 0 atom stereocenters. The summed E-state index contributed by atoms with van der Waals surface area (Å²) >= 11 is 0. The Balaban J connectivity index is 1.89. The highest BCUT2D eigenvalue weighted by Crippen LogP contribution is 2.23. The third-order valence-corrected chi connectivity index (χ3v) is 3.76. The lowest BCUT2D eigenvalue weighted by Gasteiger charge is -2.27. The fourth-order valence-electron chi connectivity index (χ4n) is 2.63. The molecule has 2 heterocycles. The van der Waals surface area contributed by atoms with E-state index in [2.05, 4.69) is 38.7 Å². The van der Waals surface area contributed by atoms with Gasteiger partial charge < -0.3 is 10.7 Å². The number of hydrogen-bond acceptors (Lipinski definition) is 5. The van der Waals surface area contributed by atoms with E-state index in [9.17, 15) is 0 Å². The number of anilines is 2. The van der Waals surface area contributed by atoms with Crippen LogP contribution in [0.4, 0.5) is 11.8 Å². The maximum atomic E-state index is 4.66. The molecule has 5 nitrogen and oxygen atoms in total. The smallest absolute Gasteiger partial charge is 0.225 e. The van der Waals surface area contributed by atoms with E-state index in [1.165, 1.54) is 19.3 Å². The van der Waals surface area contributed by atoms with Crippen LogP contribution >= 0.6 is 0 Å². The van der Waals surface area contributed by atoms with Gasteiger partial charge in [-0.25, -0.2) is 9.99 Å². The first kappa shape index (κ1) is 14.1. The van der Waals surface area contributed by atoms with Crippen molar-refractivity contribution in [2.24, 2.45) is 0 Å². The summed E-state index contributed by atoms with van der Waals surface area (Å²) in [6.07, 6.45) is 4.88. The minimum Gasteiger partial charge on any atom is -0.354 e. The molecule has 0 spiro atoms. The van der Waals surface area contributed by atoms with E-state index >= 15 is 0 Å². The molecule has 1 aliphatic heterocycles. The Morgan fingerprint density at radius 3 is 2.71 bits per heavy atom. The Hall–Kier alpha value is -1.88. The lowest BCUT2D eigenvalue weighted by molar-refractivity contribution is 0.272. The molecule has 3 rings (SSSR count). The third-order valence-electron chi connectivity index (χ3n) is 3.76. The van der Waals surface area contributed by atoms with Gasteiger partial charge in [-0.3, -0.25) is 0 Å².